The van der Waals surface area contributed by atoms with E-state index in [1.54, 1.807) is 38.1 Å². The number of hydrogen-bond donors (Lipinski definition) is 1. The van der Waals surface area contributed by atoms with Crippen LogP contribution in [0.2, 0.25) is 5.02 Å². The molecule has 1 saturated carbocycles. The predicted octanol–water partition coefficient (Wildman–Crippen LogP) is 4.47. The molecule has 0 atom stereocenters. The molecule has 0 radical (unpaired) electrons. The first-order valence-corrected chi connectivity index (χ1v) is 8.41. The Morgan fingerprint density at radius 2 is 2.05 bits per heavy atom. The monoisotopic (exact) mass is 336 g/mol. The Labute approximate surface area is 138 Å². The van der Waals surface area contributed by atoms with Gasteiger partial charge in [0.05, 0.1) is 5.69 Å². The summed E-state index contributed by atoms with van der Waals surface area (Å²) in [5.41, 5.74) is 0.0796. The zero-order valence-electron chi connectivity index (χ0n) is 12.4. The summed E-state index contributed by atoms with van der Waals surface area (Å²) in [6, 6.07) is 6.94. The van der Waals surface area contributed by atoms with Gasteiger partial charge in [0, 0.05) is 16.3 Å². The SMILES string of the molecule is CC(C)(Oc1ccc(Cl)cc1)C(=O)Nc1nc(C2CC2)cs1. The van der Waals surface area contributed by atoms with Crippen molar-refractivity contribution in [2.75, 3.05) is 5.32 Å². The fourth-order valence-electron chi connectivity index (χ4n) is 2.00. The molecule has 22 heavy (non-hydrogen) atoms. The number of anilines is 1. The largest absolute Gasteiger partial charge is 0.478 e. The Balaban J connectivity index is 1.64. The lowest BCUT2D eigenvalue weighted by Crippen LogP contribution is -2.42. The molecule has 1 heterocycles. The van der Waals surface area contributed by atoms with Gasteiger partial charge in [-0.2, -0.15) is 0 Å². The first-order chi connectivity index (χ1) is 10.4. The molecule has 1 aliphatic carbocycles. The van der Waals surface area contributed by atoms with E-state index in [1.807, 2.05) is 5.38 Å². The Kier molecular flexibility index (Phi) is 4.10. The van der Waals surface area contributed by atoms with Crippen molar-refractivity contribution in [3.63, 3.8) is 0 Å². The van der Waals surface area contributed by atoms with Crippen molar-refractivity contribution in [3.05, 3.63) is 40.4 Å². The summed E-state index contributed by atoms with van der Waals surface area (Å²) in [4.78, 5) is 16.9. The summed E-state index contributed by atoms with van der Waals surface area (Å²) in [5.74, 6) is 0.960. The van der Waals surface area contributed by atoms with E-state index >= 15 is 0 Å². The van der Waals surface area contributed by atoms with Gasteiger partial charge in [-0.25, -0.2) is 4.98 Å². The van der Waals surface area contributed by atoms with Crippen LogP contribution >= 0.6 is 22.9 Å². The molecule has 3 rings (SSSR count). The molecule has 1 N–H and O–H groups in total. The van der Waals surface area contributed by atoms with Crippen LogP contribution in [-0.4, -0.2) is 16.5 Å². The fourth-order valence-corrected chi connectivity index (χ4v) is 2.91. The lowest BCUT2D eigenvalue weighted by atomic mass is 10.1. The maximum atomic E-state index is 12.4. The number of ether oxygens (including phenoxy) is 1. The highest BCUT2D eigenvalue weighted by molar-refractivity contribution is 7.14. The molecule has 1 aromatic carbocycles. The highest BCUT2D eigenvalue weighted by atomic mass is 35.5. The number of nitrogens with one attached hydrogen (secondary N) is 1. The van der Waals surface area contributed by atoms with Crippen LogP contribution in [0.25, 0.3) is 0 Å². The maximum absolute atomic E-state index is 12.4. The molecule has 0 saturated heterocycles. The number of halogens is 1. The lowest BCUT2D eigenvalue weighted by molar-refractivity contribution is -0.128. The fraction of sp³-hybridized carbons (Fsp3) is 0.375. The molecule has 1 aliphatic rings. The van der Waals surface area contributed by atoms with E-state index < -0.39 is 5.60 Å². The van der Waals surface area contributed by atoms with Crippen molar-refractivity contribution in [3.8, 4) is 5.75 Å². The van der Waals surface area contributed by atoms with Crippen LogP contribution in [0.15, 0.2) is 29.6 Å². The summed E-state index contributed by atoms with van der Waals surface area (Å²) >= 11 is 7.30. The maximum Gasteiger partial charge on any atom is 0.269 e. The first kappa shape index (κ1) is 15.3. The van der Waals surface area contributed by atoms with E-state index in [2.05, 4.69) is 10.3 Å². The highest BCUT2D eigenvalue weighted by Gasteiger charge is 2.31. The molecule has 6 heteroatoms. The topological polar surface area (TPSA) is 51.2 Å². The molecule has 4 nitrogen and oxygen atoms in total. The third-order valence-electron chi connectivity index (χ3n) is 3.47. The van der Waals surface area contributed by atoms with Gasteiger partial charge in [-0.3, -0.25) is 10.1 Å². The third kappa shape index (κ3) is 3.59. The number of thiazole rings is 1. The Bertz CT molecular complexity index is 678. The van der Waals surface area contributed by atoms with Crippen molar-refractivity contribution in [1.29, 1.82) is 0 Å². The molecule has 0 spiro atoms. The summed E-state index contributed by atoms with van der Waals surface area (Å²) in [7, 11) is 0. The van der Waals surface area contributed by atoms with Crippen LogP contribution in [0.4, 0.5) is 5.13 Å². The summed E-state index contributed by atoms with van der Waals surface area (Å²) < 4.78 is 5.76. The molecule has 1 fully saturated rings. The number of amides is 1. The Hall–Kier alpha value is -1.59. The van der Waals surface area contributed by atoms with Gasteiger partial charge in [-0.1, -0.05) is 11.6 Å². The first-order valence-electron chi connectivity index (χ1n) is 7.15. The minimum absolute atomic E-state index is 0.223. The van der Waals surface area contributed by atoms with Crippen molar-refractivity contribution < 1.29 is 9.53 Å². The van der Waals surface area contributed by atoms with E-state index in [0.29, 0.717) is 21.8 Å². The van der Waals surface area contributed by atoms with E-state index in [0.717, 1.165) is 5.69 Å². The molecule has 0 unspecified atom stereocenters. The number of aromatic nitrogens is 1. The second kappa shape index (κ2) is 5.89. The van der Waals surface area contributed by atoms with E-state index in [4.69, 9.17) is 16.3 Å². The number of carbonyl (C=O) groups is 1. The van der Waals surface area contributed by atoms with E-state index in [9.17, 15) is 4.79 Å². The number of carbonyl (C=O) groups excluding carboxylic acids is 1. The third-order valence-corrected chi connectivity index (χ3v) is 4.50. The summed E-state index contributed by atoms with van der Waals surface area (Å²) in [6.45, 7) is 3.46. The zero-order chi connectivity index (χ0) is 15.7. The molecule has 116 valence electrons. The second-order valence-electron chi connectivity index (χ2n) is 5.87. The standard InChI is InChI=1S/C16H17ClN2O2S/c1-16(2,21-12-7-5-11(17)6-8-12)14(20)19-15-18-13(9-22-15)10-3-4-10/h5-10H,3-4H2,1-2H3,(H,18,19,20). The number of benzene rings is 1. The van der Waals surface area contributed by atoms with Crippen molar-refractivity contribution in [2.24, 2.45) is 0 Å². The number of hydrogen-bond acceptors (Lipinski definition) is 4. The summed E-state index contributed by atoms with van der Waals surface area (Å²) in [5, 5.41) is 6.10. The smallest absolute Gasteiger partial charge is 0.269 e. The zero-order valence-corrected chi connectivity index (χ0v) is 14.0. The van der Waals surface area contributed by atoms with Gasteiger partial charge >= 0.3 is 0 Å². The molecular weight excluding hydrogens is 320 g/mol. The quantitative estimate of drug-likeness (QED) is 0.876. The van der Waals surface area contributed by atoms with Crippen molar-refractivity contribution in [2.45, 2.75) is 38.2 Å². The van der Waals surface area contributed by atoms with Crippen LogP contribution in [0.1, 0.15) is 38.3 Å². The highest BCUT2D eigenvalue weighted by Crippen LogP contribution is 2.41. The second-order valence-corrected chi connectivity index (χ2v) is 7.17. The molecular formula is C16H17ClN2O2S. The number of nitrogens with zero attached hydrogens (tertiary/aromatic N) is 1. The van der Waals surface area contributed by atoms with Gasteiger partial charge in [0.15, 0.2) is 10.7 Å². The van der Waals surface area contributed by atoms with E-state index in [1.165, 1.54) is 24.2 Å². The molecule has 0 aliphatic heterocycles. The van der Waals surface area contributed by atoms with Crippen LogP contribution in [0, 0.1) is 0 Å². The average molecular weight is 337 g/mol. The van der Waals surface area contributed by atoms with Gasteiger partial charge in [-0.15, -0.1) is 11.3 Å². The van der Waals surface area contributed by atoms with Gasteiger partial charge in [-0.05, 0) is 51.0 Å². The predicted molar refractivity (Wildman–Crippen MR) is 88.9 cm³/mol. The van der Waals surface area contributed by atoms with Gasteiger partial charge in [0.2, 0.25) is 0 Å². The average Bonchev–Trinajstić information content (AvgIpc) is 3.22. The lowest BCUT2D eigenvalue weighted by Gasteiger charge is -2.24. The minimum Gasteiger partial charge on any atom is -0.478 e. The van der Waals surface area contributed by atoms with Crippen molar-refractivity contribution in [1.82, 2.24) is 4.98 Å². The minimum atomic E-state index is -1.00. The van der Waals surface area contributed by atoms with E-state index in [-0.39, 0.29) is 5.91 Å². The summed E-state index contributed by atoms with van der Waals surface area (Å²) in [6.07, 6.45) is 2.39. The van der Waals surface area contributed by atoms with Crippen LogP contribution < -0.4 is 10.1 Å². The molecule has 1 amide bonds. The number of rotatable bonds is 5. The normalized spacial score (nSPS) is 14.7. The van der Waals surface area contributed by atoms with Gasteiger partial charge in [0.25, 0.3) is 5.91 Å². The van der Waals surface area contributed by atoms with Crippen LogP contribution in [-0.2, 0) is 4.79 Å². The molecule has 0 bridgehead atoms. The Morgan fingerprint density at radius 3 is 2.68 bits per heavy atom. The van der Waals surface area contributed by atoms with Gasteiger partial charge < -0.3 is 4.74 Å². The van der Waals surface area contributed by atoms with Crippen LogP contribution in [0.5, 0.6) is 5.75 Å². The molecule has 2 aromatic rings. The molecule has 1 aromatic heterocycles. The van der Waals surface area contributed by atoms with Crippen molar-refractivity contribution >= 4 is 34.0 Å². The van der Waals surface area contributed by atoms with Crippen LogP contribution in [0.3, 0.4) is 0 Å². The Morgan fingerprint density at radius 1 is 1.36 bits per heavy atom. The van der Waals surface area contributed by atoms with Gasteiger partial charge in [0.1, 0.15) is 5.75 Å².